The van der Waals surface area contributed by atoms with Crippen LogP contribution in [0.4, 0.5) is 26.3 Å². The molecule has 4 rings (SSSR count). The number of morpholine rings is 1. The number of hydrogen-bond acceptors (Lipinski definition) is 6. The van der Waals surface area contributed by atoms with E-state index in [1.54, 1.807) is 32.2 Å². The van der Waals surface area contributed by atoms with Crippen molar-refractivity contribution in [3.8, 4) is 5.75 Å². The maximum Gasteiger partial charge on any atom is 0.416 e. The summed E-state index contributed by atoms with van der Waals surface area (Å²) in [6.45, 7) is 6.49. The molecule has 1 N–H and O–H groups in total. The first-order valence-corrected chi connectivity index (χ1v) is 13.7. The van der Waals surface area contributed by atoms with Crippen molar-refractivity contribution in [2.75, 3.05) is 66.1 Å². The van der Waals surface area contributed by atoms with Crippen molar-refractivity contribution in [3.05, 3.63) is 64.2 Å². The van der Waals surface area contributed by atoms with Gasteiger partial charge in [0.15, 0.2) is 0 Å². The molecule has 2 aromatic rings. The third-order valence-corrected chi connectivity index (χ3v) is 7.72. The van der Waals surface area contributed by atoms with Crippen LogP contribution in [0.3, 0.4) is 0 Å². The third-order valence-electron chi connectivity index (χ3n) is 7.72. The number of aromatic hydroxyl groups is 1. The first-order chi connectivity index (χ1) is 19.7. The van der Waals surface area contributed by atoms with Crippen LogP contribution in [-0.4, -0.2) is 104 Å². The quantitative estimate of drug-likeness (QED) is 0.384. The van der Waals surface area contributed by atoms with Crippen molar-refractivity contribution in [2.45, 2.75) is 37.8 Å². The first-order valence-electron chi connectivity index (χ1n) is 13.7. The second-order valence-corrected chi connectivity index (χ2v) is 10.8. The molecular weight excluding hydrogens is 639 g/mol. The number of piperazine rings is 1. The number of aryl methyl sites for hydroxylation is 1. The molecule has 44 heavy (non-hydrogen) atoms. The van der Waals surface area contributed by atoms with Crippen molar-refractivity contribution >= 4 is 30.7 Å². The van der Waals surface area contributed by atoms with Crippen LogP contribution in [0.1, 0.15) is 32.6 Å². The molecule has 0 spiro atoms. The predicted molar refractivity (Wildman–Crippen MR) is 157 cm³/mol. The molecule has 2 heterocycles. The number of rotatable bonds is 8. The molecule has 1 amide bonds. The topological polar surface area (TPSA) is 65.5 Å². The number of methoxy groups -OCH3 is 1. The smallest absolute Gasteiger partial charge is 0.416 e. The molecule has 248 valence electrons. The van der Waals surface area contributed by atoms with Gasteiger partial charge >= 0.3 is 12.4 Å². The molecule has 0 aromatic heterocycles. The van der Waals surface area contributed by atoms with Crippen LogP contribution < -0.4 is 0 Å². The minimum absolute atomic E-state index is 0. The summed E-state index contributed by atoms with van der Waals surface area (Å²) in [7, 11) is 1.61. The molecule has 2 aromatic carbocycles. The van der Waals surface area contributed by atoms with E-state index in [1.165, 1.54) is 4.90 Å². The second-order valence-electron chi connectivity index (χ2n) is 10.8. The largest absolute Gasteiger partial charge is 0.508 e. The van der Waals surface area contributed by atoms with E-state index >= 15 is 0 Å². The second kappa shape index (κ2) is 15.8. The van der Waals surface area contributed by atoms with Crippen LogP contribution in [0.5, 0.6) is 5.75 Å². The summed E-state index contributed by atoms with van der Waals surface area (Å²) < 4.78 is 91.8. The Morgan fingerprint density at radius 2 is 1.55 bits per heavy atom. The summed E-state index contributed by atoms with van der Waals surface area (Å²) in [5.74, 6) is -0.841. The summed E-state index contributed by atoms with van der Waals surface area (Å²) in [6, 6.07) is 5.49. The molecule has 2 aliphatic rings. The number of phenols is 1. The molecule has 2 saturated heterocycles. The zero-order chi connectivity index (χ0) is 30.7. The normalized spacial score (nSPS) is 20.1. The zero-order valence-corrected chi connectivity index (χ0v) is 25.9. The molecule has 2 fully saturated rings. The van der Waals surface area contributed by atoms with E-state index in [-0.39, 0.29) is 55.7 Å². The third kappa shape index (κ3) is 9.85. The molecule has 0 saturated carbocycles. The molecule has 0 aliphatic carbocycles. The fourth-order valence-electron chi connectivity index (χ4n) is 5.42. The monoisotopic (exact) mass is 675 g/mol. The van der Waals surface area contributed by atoms with Crippen molar-refractivity contribution < 1.29 is 45.7 Å². The lowest BCUT2D eigenvalue weighted by Crippen LogP contribution is -2.57. The number of halogens is 8. The van der Waals surface area contributed by atoms with Crippen LogP contribution in [0, 0.1) is 6.92 Å². The number of benzene rings is 2. The molecule has 0 bridgehead atoms. The van der Waals surface area contributed by atoms with Gasteiger partial charge in [0.1, 0.15) is 5.75 Å². The Kier molecular flexibility index (Phi) is 13.6. The van der Waals surface area contributed by atoms with E-state index in [0.29, 0.717) is 62.7 Å². The van der Waals surface area contributed by atoms with Crippen molar-refractivity contribution in [1.82, 2.24) is 14.7 Å². The SMILES string of the molecule is COC[C@H]1CN(CCN2CCN(C(=O)c3cc(C(F)(F)F)cc(C(F)(F)F)c3)[C@H](Cc3ccc(C)c(O)c3)C2)CCO1.Cl.Cl. The predicted octanol–water partition coefficient (Wildman–Crippen LogP) is 5.30. The fraction of sp³-hybridized carbons (Fsp3) is 0.552. The number of amides is 1. The molecular formula is C29H37Cl2F6N3O4. The van der Waals surface area contributed by atoms with Gasteiger partial charge in [-0.1, -0.05) is 12.1 Å². The van der Waals surface area contributed by atoms with E-state index in [2.05, 4.69) is 9.80 Å². The Morgan fingerprint density at radius 3 is 2.11 bits per heavy atom. The standard InChI is InChI=1S/C29H35F6N3O4.2ClH/c1-19-3-4-20(12-26(19)39)11-24-16-36(5-6-37-9-10-42-25(17-37)18-41-2)7-8-38(24)27(40)21-13-22(28(30,31)32)15-23(14-21)29(33,34)35;;/h3-4,12-15,24-25,39H,5-11,16-18H2,1-2H3;2*1H/t24-,25-;;/m1../s1. The average molecular weight is 677 g/mol. The fourth-order valence-corrected chi connectivity index (χ4v) is 5.42. The molecule has 0 unspecified atom stereocenters. The Hall–Kier alpha value is -2.29. The number of ether oxygens (including phenoxy) is 2. The van der Waals surface area contributed by atoms with Gasteiger partial charge in [0.25, 0.3) is 5.91 Å². The minimum atomic E-state index is -5.06. The number of alkyl halides is 6. The van der Waals surface area contributed by atoms with Gasteiger partial charge in [-0.15, -0.1) is 24.8 Å². The number of carbonyl (C=O) groups excluding carboxylic acids is 1. The molecule has 0 radical (unpaired) electrons. The maximum atomic E-state index is 13.6. The lowest BCUT2D eigenvalue weighted by atomic mass is 9.98. The Labute approximate surface area is 264 Å². The van der Waals surface area contributed by atoms with Crippen LogP contribution in [-0.2, 0) is 28.2 Å². The van der Waals surface area contributed by atoms with Gasteiger partial charge in [0, 0.05) is 64.5 Å². The number of hydrogen-bond donors (Lipinski definition) is 1. The first kappa shape index (κ1) is 37.9. The van der Waals surface area contributed by atoms with E-state index < -0.39 is 41.0 Å². The lowest BCUT2D eigenvalue weighted by molar-refractivity contribution is -0.143. The zero-order valence-electron chi connectivity index (χ0n) is 24.3. The minimum Gasteiger partial charge on any atom is -0.508 e. The van der Waals surface area contributed by atoms with Crippen LogP contribution in [0.25, 0.3) is 0 Å². The number of phenolic OH excluding ortho intramolecular Hbond substituents is 1. The van der Waals surface area contributed by atoms with Crippen molar-refractivity contribution in [1.29, 1.82) is 0 Å². The molecule has 7 nitrogen and oxygen atoms in total. The maximum absolute atomic E-state index is 13.6. The summed E-state index contributed by atoms with van der Waals surface area (Å²) in [5, 5.41) is 10.2. The van der Waals surface area contributed by atoms with Gasteiger partial charge in [-0.3, -0.25) is 14.6 Å². The Bertz CT molecular complexity index is 1220. The lowest BCUT2D eigenvalue weighted by Gasteiger charge is -2.43. The summed E-state index contributed by atoms with van der Waals surface area (Å²) in [6.07, 6.45) is -9.89. The van der Waals surface area contributed by atoms with Crippen LogP contribution in [0.2, 0.25) is 0 Å². The highest BCUT2D eigenvalue weighted by molar-refractivity contribution is 5.95. The van der Waals surface area contributed by atoms with Gasteiger partial charge < -0.3 is 19.5 Å². The van der Waals surface area contributed by atoms with Gasteiger partial charge in [0.05, 0.1) is 30.4 Å². The highest BCUT2D eigenvalue weighted by Gasteiger charge is 2.39. The molecule has 15 heteroatoms. The van der Waals surface area contributed by atoms with Crippen LogP contribution >= 0.6 is 24.8 Å². The average Bonchev–Trinajstić information content (AvgIpc) is 2.93. The van der Waals surface area contributed by atoms with E-state index in [9.17, 15) is 36.2 Å². The summed E-state index contributed by atoms with van der Waals surface area (Å²) in [5.41, 5.74) is -2.38. The van der Waals surface area contributed by atoms with E-state index in [0.717, 1.165) is 13.1 Å². The van der Waals surface area contributed by atoms with E-state index in [4.69, 9.17) is 9.47 Å². The van der Waals surface area contributed by atoms with Gasteiger partial charge in [-0.05, 0) is 48.7 Å². The van der Waals surface area contributed by atoms with Gasteiger partial charge in [0.2, 0.25) is 0 Å². The molecule has 2 atom stereocenters. The molecule has 2 aliphatic heterocycles. The highest BCUT2D eigenvalue weighted by Crippen LogP contribution is 2.37. The summed E-state index contributed by atoms with van der Waals surface area (Å²) >= 11 is 0. The Morgan fingerprint density at radius 1 is 0.932 bits per heavy atom. The highest BCUT2D eigenvalue weighted by atomic mass is 35.5. The summed E-state index contributed by atoms with van der Waals surface area (Å²) in [4.78, 5) is 19.3. The van der Waals surface area contributed by atoms with E-state index in [1.807, 2.05) is 0 Å². The van der Waals surface area contributed by atoms with Crippen LogP contribution in [0.15, 0.2) is 36.4 Å². The number of carbonyl (C=O) groups is 1. The van der Waals surface area contributed by atoms with Crippen molar-refractivity contribution in [2.24, 2.45) is 0 Å². The van der Waals surface area contributed by atoms with Gasteiger partial charge in [-0.25, -0.2) is 0 Å². The van der Waals surface area contributed by atoms with Crippen molar-refractivity contribution in [3.63, 3.8) is 0 Å². The van der Waals surface area contributed by atoms with Gasteiger partial charge in [-0.2, -0.15) is 26.3 Å². The number of nitrogens with zero attached hydrogens (tertiary/aromatic N) is 3. The Balaban J connectivity index is 0.00000337.